The van der Waals surface area contributed by atoms with E-state index in [2.05, 4.69) is 48.3 Å². The number of aliphatic hydroxyl groups excluding tert-OH is 1. The first-order chi connectivity index (χ1) is 9.28. The fraction of sp³-hybridized carbons (Fsp3) is 0.375. The van der Waals surface area contributed by atoms with Crippen molar-refractivity contribution in [1.29, 1.82) is 0 Å². The molecule has 2 aromatic rings. The number of fused-ring (bicyclic) bond motifs is 1. The molecule has 3 heteroatoms. The average Bonchev–Trinajstić information content (AvgIpc) is 2.80. The number of rotatable bonds is 2. The molecule has 1 atom stereocenters. The van der Waals surface area contributed by atoms with Gasteiger partial charge in [-0.2, -0.15) is 0 Å². The Morgan fingerprint density at radius 3 is 2.84 bits per heavy atom. The van der Waals surface area contributed by atoms with Crippen LogP contribution in [-0.2, 0) is 13.0 Å². The second-order valence-corrected chi connectivity index (χ2v) is 6.40. The molecule has 1 N–H and O–H groups in total. The molecular formula is C16H19NOS. The fourth-order valence-corrected chi connectivity index (χ4v) is 4.00. The summed E-state index contributed by atoms with van der Waals surface area (Å²) in [6, 6.07) is 12.9. The van der Waals surface area contributed by atoms with E-state index in [9.17, 15) is 5.11 Å². The van der Waals surface area contributed by atoms with Crippen LogP contribution in [0.25, 0.3) is 0 Å². The van der Waals surface area contributed by atoms with Gasteiger partial charge in [-0.15, -0.1) is 11.3 Å². The highest BCUT2D eigenvalue weighted by Gasteiger charge is 2.25. The van der Waals surface area contributed by atoms with E-state index < -0.39 is 0 Å². The summed E-state index contributed by atoms with van der Waals surface area (Å²) in [7, 11) is 2.19. The highest BCUT2D eigenvalue weighted by Crippen LogP contribution is 2.36. The van der Waals surface area contributed by atoms with E-state index in [-0.39, 0.29) is 6.61 Å². The van der Waals surface area contributed by atoms with Crippen LogP contribution >= 0.6 is 11.3 Å². The zero-order valence-electron chi connectivity index (χ0n) is 11.2. The molecule has 0 saturated carbocycles. The van der Waals surface area contributed by atoms with Gasteiger partial charge in [0.05, 0.1) is 6.61 Å². The Labute approximate surface area is 118 Å². The van der Waals surface area contributed by atoms with Gasteiger partial charge < -0.3 is 10.0 Å². The van der Waals surface area contributed by atoms with Gasteiger partial charge in [0.2, 0.25) is 0 Å². The molecule has 0 fully saturated rings. The molecule has 0 bridgehead atoms. The lowest BCUT2D eigenvalue weighted by Crippen LogP contribution is -2.24. The van der Waals surface area contributed by atoms with Crippen molar-refractivity contribution in [2.75, 3.05) is 20.1 Å². The number of hydrogen-bond donors (Lipinski definition) is 1. The SMILES string of the molecule is CN1CCc2cc(CO)sc2C(c2ccccc2)C1. The molecule has 0 saturated heterocycles. The summed E-state index contributed by atoms with van der Waals surface area (Å²) in [4.78, 5) is 4.94. The molecule has 2 heterocycles. The minimum atomic E-state index is 0.162. The second-order valence-electron chi connectivity index (χ2n) is 5.24. The number of aliphatic hydroxyl groups is 1. The summed E-state index contributed by atoms with van der Waals surface area (Å²) < 4.78 is 0. The quantitative estimate of drug-likeness (QED) is 0.909. The third-order valence-electron chi connectivity index (χ3n) is 3.82. The van der Waals surface area contributed by atoms with Crippen LogP contribution in [0, 0.1) is 0 Å². The van der Waals surface area contributed by atoms with E-state index >= 15 is 0 Å². The van der Waals surface area contributed by atoms with Crippen LogP contribution in [0.2, 0.25) is 0 Å². The van der Waals surface area contributed by atoms with Crippen LogP contribution in [-0.4, -0.2) is 30.1 Å². The standard InChI is InChI=1S/C16H19NOS/c1-17-8-7-13-9-14(11-18)19-16(13)15(10-17)12-5-3-2-4-6-12/h2-6,9,15,18H,7-8,10-11H2,1H3. The first-order valence-corrected chi connectivity index (χ1v) is 7.55. The second kappa shape index (κ2) is 5.45. The summed E-state index contributed by atoms with van der Waals surface area (Å²) >= 11 is 1.78. The van der Waals surface area contributed by atoms with Crippen molar-refractivity contribution in [2.24, 2.45) is 0 Å². The number of benzene rings is 1. The summed E-state index contributed by atoms with van der Waals surface area (Å²) in [5, 5.41) is 9.37. The predicted octanol–water partition coefficient (Wildman–Crippen LogP) is 2.86. The molecule has 100 valence electrons. The molecule has 1 aromatic heterocycles. The number of thiophene rings is 1. The Kier molecular flexibility index (Phi) is 3.69. The summed E-state index contributed by atoms with van der Waals surface area (Å²) in [6.07, 6.45) is 1.09. The van der Waals surface area contributed by atoms with Crippen LogP contribution in [0.1, 0.15) is 26.8 Å². The molecule has 0 amide bonds. The smallest absolute Gasteiger partial charge is 0.0774 e. The van der Waals surface area contributed by atoms with Gasteiger partial charge in [-0.1, -0.05) is 30.3 Å². The van der Waals surface area contributed by atoms with Crippen LogP contribution < -0.4 is 0 Å². The van der Waals surface area contributed by atoms with Gasteiger partial charge in [0.1, 0.15) is 0 Å². The Morgan fingerprint density at radius 2 is 2.11 bits per heavy atom. The van der Waals surface area contributed by atoms with Gasteiger partial charge in [0.25, 0.3) is 0 Å². The van der Waals surface area contributed by atoms with Crippen molar-refractivity contribution in [3.8, 4) is 0 Å². The fourth-order valence-electron chi connectivity index (χ4n) is 2.81. The van der Waals surface area contributed by atoms with Gasteiger partial charge in [0, 0.05) is 28.8 Å². The lowest BCUT2D eigenvalue weighted by molar-refractivity contribution is 0.285. The maximum absolute atomic E-state index is 9.37. The molecule has 2 nitrogen and oxygen atoms in total. The first-order valence-electron chi connectivity index (χ1n) is 6.73. The van der Waals surface area contributed by atoms with Crippen molar-refractivity contribution in [3.05, 3.63) is 57.3 Å². The van der Waals surface area contributed by atoms with Crippen LogP contribution in [0.5, 0.6) is 0 Å². The molecule has 0 radical (unpaired) electrons. The summed E-state index contributed by atoms with van der Waals surface area (Å²) in [6.45, 7) is 2.31. The minimum Gasteiger partial charge on any atom is -0.391 e. The largest absolute Gasteiger partial charge is 0.391 e. The number of hydrogen-bond acceptors (Lipinski definition) is 3. The van der Waals surface area contributed by atoms with Crippen LogP contribution in [0.3, 0.4) is 0 Å². The molecule has 19 heavy (non-hydrogen) atoms. The zero-order valence-corrected chi connectivity index (χ0v) is 12.0. The van der Waals surface area contributed by atoms with E-state index in [1.54, 1.807) is 11.3 Å². The third-order valence-corrected chi connectivity index (χ3v) is 5.10. The highest BCUT2D eigenvalue weighted by atomic mass is 32.1. The van der Waals surface area contributed by atoms with Crippen molar-refractivity contribution >= 4 is 11.3 Å². The van der Waals surface area contributed by atoms with E-state index in [1.807, 2.05) is 0 Å². The number of likely N-dealkylation sites (N-methyl/N-ethyl adjacent to an activating group) is 1. The van der Waals surface area contributed by atoms with E-state index in [4.69, 9.17) is 0 Å². The van der Waals surface area contributed by atoms with Crippen LogP contribution in [0.4, 0.5) is 0 Å². The van der Waals surface area contributed by atoms with Crippen molar-refractivity contribution in [1.82, 2.24) is 4.90 Å². The van der Waals surface area contributed by atoms with Crippen molar-refractivity contribution in [3.63, 3.8) is 0 Å². The van der Waals surface area contributed by atoms with Gasteiger partial charge in [-0.25, -0.2) is 0 Å². The highest BCUT2D eigenvalue weighted by molar-refractivity contribution is 7.12. The van der Waals surface area contributed by atoms with Crippen LogP contribution in [0.15, 0.2) is 36.4 Å². The topological polar surface area (TPSA) is 23.5 Å². The molecular weight excluding hydrogens is 254 g/mol. The first kappa shape index (κ1) is 12.9. The van der Waals surface area contributed by atoms with E-state index in [1.165, 1.54) is 16.0 Å². The monoisotopic (exact) mass is 273 g/mol. The van der Waals surface area contributed by atoms with Gasteiger partial charge in [-0.05, 0) is 30.7 Å². The maximum Gasteiger partial charge on any atom is 0.0774 e. The van der Waals surface area contributed by atoms with Gasteiger partial charge >= 0.3 is 0 Å². The number of nitrogens with zero attached hydrogens (tertiary/aromatic N) is 1. The third kappa shape index (κ3) is 2.59. The molecule has 1 aliphatic heterocycles. The van der Waals surface area contributed by atoms with E-state index in [0.29, 0.717) is 5.92 Å². The lowest BCUT2D eigenvalue weighted by Gasteiger charge is -2.20. The molecule has 3 rings (SSSR count). The van der Waals surface area contributed by atoms with Crippen molar-refractivity contribution in [2.45, 2.75) is 18.9 Å². The van der Waals surface area contributed by atoms with Gasteiger partial charge in [0.15, 0.2) is 0 Å². The average molecular weight is 273 g/mol. The maximum atomic E-state index is 9.37. The van der Waals surface area contributed by atoms with E-state index in [0.717, 1.165) is 24.4 Å². The zero-order chi connectivity index (χ0) is 13.2. The molecule has 0 aliphatic carbocycles. The normalized spacial score (nSPS) is 20.0. The lowest BCUT2D eigenvalue weighted by atomic mass is 9.95. The summed E-state index contributed by atoms with van der Waals surface area (Å²) in [5.41, 5.74) is 2.80. The Morgan fingerprint density at radius 1 is 1.32 bits per heavy atom. The molecule has 0 spiro atoms. The Bertz CT molecular complexity index is 549. The molecule has 1 unspecified atom stereocenters. The minimum absolute atomic E-state index is 0.162. The van der Waals surface area contributed by atoms with Gasteiger partial charge in [-0.3, -0.25) is 0 Å². The Hall–Kier alpha value is -1.16. The predicted molar refractivity (Wildman–Crippen MR) is 79.7 cm³/mol. The summed E-state index contributed by atoms with van der Waals surface area (Å²) in [5.74, 6) is 0.439. The molecule has 1 aromatic carbocycles. The van der Waals surface area contributed by atoms with Crippen molar-refractivity contribution < 1.29 is 5.11 Å². The molecule has 1 aliphatic rings. The Balaban J connectivity index is 2.04.